The van der Waals surface area contributed by atoms with Gasteiger partial charge in [-0.25, -0.2) is 0 Å². The third kappa shape index (κ3) is 4.18. The van der Waals surface area contributed by atoms with Crippen LogP contribution in [0.2, 0.25) is 0 Å². The monoisotopic (exact) mass is 332 g/mol. The largest absolute Gasteiger partial charge is 0.487 e. The van der Waals surface area contributed by atoms with E-state index >= 15 is 0 Å². The molecule has 3 N–H and O–H groups in total. The summed E-state index contributed by atoms with van der Waals surface area (Å²) in [6.45, 7) is 1.33. The Labute approximate surface area is 117 Å². The van der Waals surface area contributed by atoms with Crippen LogP contribution in [0.25, 0.3) is 0 Å². The fourth-order valence-corrected chi connectivity index (χ4v) is 1.58. The van der Waals surface area contributed by atoms with Crippen molar-refractivity contribution in [3.8, 4) is 5.75 Å². The number of nitro groups is 1. The summed E-state index contributed by atoms with van der Waals surface area (Å²) in [5.74, 6) is -1.07. The molecular formula is C11H13BrN2O5. The smallest absolute Gasteiger partial charge is 0.323 e. The minimum atomic E-state index is -1.43. The predicted octanol–water partition coefficient (Wildman–Crippen LogP) is 1.93. The van der Waals surface area contributed by atoms with Crippen LogP contribution in [-0.4, -0.2) is 28.1 Å². The lowest BCUT2D eigenvalue weighted by molar-refractivity contribution is -0.385. The van der Waals surface area contributed by atoms with Gasteiger partial charge in [0.25, 0.3) is 0 Å². The second-order valence-corrected chi connectivity index (χ2v) is 5.11. The standard InChI is InChI=1S/C11H13BrN2O5/c1-11(13,10(15)16)4-5-19-9-3-2-7(12)6-8(9)14(17)18/h2-3,6H,4-5,13H2,1H3,(H,15,16). The Kier molecular flexibility index (Phi) is 4.84. The van der Waals surface area contributed by atoms with E-state index < -0.39 is 16.4 Å². The zero-order valence-corrected chi connectivity index (χ0v) is 11.7. The van der Waals surface area contributed by atoms with E-state index in [1.54, 1.807) is 6.07 Å². The summed E-state index contributed by atoms with van der Waals surface area (Å²) in [6, 6.07) is 4.35. The molecule has 1 aromatic rings. The van der Waals surface area contributed by atoms with Crippen molar-refractivity contribution in [1.82, 2.24) is 0 Å². The van der Waals surface area contributed by atoms with Crippen LogP contribution in [-0.2, 0) is 4.79 Å². The molecule has 0 fully saturated rings. The van der Waals surface area contributed by atoms with Gasteiger partial charge in [0, 0.05) is 17.0 Å². The Balaban J connectivity index is 2.74. The van der Waals surface area contributed by atoms with Crippen molar-refractivity contribution in [3.63, 3.8) is 0 Å². The molecule has 0 amide bonds. The van der Waals surface area contributed by atoms with Gasteiger partial charge in [-0.05, 0) is 19.1 Å². The molecule has 1 unspecified atom stereocenters. The molecule has 1 rings (SSSR count). The Bertz CT molecular complexity index is 504. The average Bonchev–Trinajstić information content (AvgIpc) is 2.30. The first-order chi connectivity index (χ1) is 8.74. The number of halogens is 1. The number of nitrogens with zero attached hydrogens (tertiary/aromatic N) is 1. The Morgan fingerprint density at radius 1 is 1.63 bits per heavy atom. The fraction of sp³-hybridized carbons (Fsp3) is 0.364. The van der Waals surface area contributed by atoms with Gasteiger partial charge in [0.1, 0.15) is 5.54 Å². The maximum atomic E-state index is 10.8. The van der Waals surface area contributed by atoms with E-state index in [0.29, 0.717) is 4.47 Å². The molecule has 7 nitrogen and oxygen atoms in total. The van der Waals surface area contributed by atoms with Crippen LogP contribution in [0.15, 0.2) is 22.7 Å². The number of benzene rings is 1. The normalized spacial score (nSPS) is 13.6. The minimum absolute atomic E-state index is 0.0260. The van der Waals surface area contributed by atoms with Crippen LogP contribution in [0.5, 0.6) is 5.75 Å². The van der Waals surface area contributed by atoms with E-state index in [1.807, 2.05) is 0 Å². The number of aliphatic carboxylic acids is 1. The Morgan fingerprint density at radius 2 is 2.26 bits per heavy atom. The summed E-state index contributed by atoms with van der Waals surface area (Å²) in [5.41, 5.74) is 3.91. The average molecular weight is 333 g/mol. The lowest BCUT2D eigenvalue weighted by Gasteiger charge is -2.18. The van der Waals surface area contributed by atoms with Crippen LogP contribution in [0.3, 0.4) is 0 Å². The maximum absolute atomic E-state index is 10.8. The molecular weight excluding hydrogens is 320 g/mol. The van der Waals surface area contributed by atoms with Crippen LogP contribution in [0, 0.1) is 10.1 Å². The second kappa shape index (κ2) is 5.98. The van der Waals surface area contributed by atoms with Gasteiger partial charge in [-0.3, -0.25) is 14.9 Å². The number of carboxylic acids is 1. The van der Waals surface area contributed by atoms with Gasteiger partial charge < -0.3 is 15.6 Å². The summed E-state index contributed by atoms with van der Waals surface area (Å²) < 4.78 is 5.79. The number of ether oxygens (including phenoxy) is 1. The summed E-state index contributed by atoms with van der Waals surface area (Å²) in [7, 11) is 0. The number of nitrogens with two attached hydrogens (primary N) is 1. The highest BCUT2D eigenvalue weighted by Gasteiger charge is 2.28. The zero-order valence-electron chi connectivity index (χ0n) is 10.1. The molecule has 0 saturated carbocycles. The Hall–Kier alpha value is -1.67. The van der Waals surface area contributed by atoms with Crippen LogP contribution in [0.1, 0.15) is 13.3 Å². The highest BCUT2D eigenvalue weighted by molar-refractivity contribution is 9.10. The lowest BCUT2D eigenvalue weighted by Crippen LogP contribution is -2.45. The van der Waals surface area contributed by atoms with Gasteiger partial charge >= 0.3 is 11.7 Å². The number of rotatable bonds is 6. The van der Waals surface area contributed by atoms with Gasteiger partial charge in [0.05, 0.1) is 11.5 Å². The number of carboxylic acid groups (broad SMARTS) is 1. The van der Waals surface area contributed by atoms with Crippen molar-refractivity contribution < 1.29 is 19.6 Å². The first-order valence-corrected chi connectivity index (χ1v) is 6.12. The number of carbonyl (C=O) groups is 1. The van der Waals surface area contributed by atoms with Gasteiger partial charge in [0.2, 0.25) is 0 Å². The molecule has 0 spiro atoms. The summed E-state index contributed by atoms with van der Waals surface area (Å²) >= 11 is 3.13. The van der Waals surface area contributed by atoms with Crippen molar-refractivity contribution in [2.24, 2.45) is 5.73 Å². The van der Waals surface area contributed by atoms with Gasteiger partial charge in [-0.2, -0.15) is 0 Å². The van der Waals surface area contributed by atoms with Crippen molar-refractivity contribution in [3.05, 3.63) is 32.8 Å². The van der Waals surface area contributed by atoms with E-state index in [4.69, 9.17) is 15.6 Å². The van der Waals surface area contributed by atoms with Gasteiger partial charge in [-0.15, -0.1) is 0 Å². The first kappa shape index (κ1) is 15.4. The molecule has 104 valence electrons. The zero-order chi connectivity index (χ0) is 14.6. The topological polar surface area (TPSA) is 116 Å². The van der Waals surface area contributed by atoms with Crippen molar-refractivity contribution >= 4 is 27.6 Å². The molecule has 0 aliphatic heterocycles. The molecule has 1 aromatic carbocycles. The van der Waals surface area contributed by atoms with Crippen molar-refractivity contribution in [1.29, 1.82) is 0 Å². The summed E-state index contributed by atoms with van der Waals surface area (Å²) in [6.07, 6.45) is 0.0373. The van der Waals surface area contributed by atoms with E-state index in [0.717, 1.165) is 0 Å². The second-order valence-electron chi connectivity index (χ2n) is 4.19. The number of hydrogen-bond donors (Lipinski definition) is 2. The molecule has 0 saturated heterocycles. The van der Waals surface area contributed by atoms with E-state index in [-0.39, 0.29) is 24.5 Å². The molecule has 8 heteroatoms. The molecule has 0 aliphatic carbocycles. The van der Waals surface area contributed by atoms with Gasteiger partial charge in [0.15, 0.2) is 5.75 Å². The van der Waals surface area contributed by atoms with E-state index in [9.17, 15) is 14.9 Å². The third-order valence-electron chi connectivity index (χ3n) is 2.49. The van der Waals surface area contributed by atoms with Crippen molar-refractivity contribution in [2.45, 2.75) is 18.9 Å². The van der Waals surface area contributed by atoms with Crippen LogP contribution >= 0.6 is 15.9 Å². The predicted molar refractivity (Wildman–Crippen MR) is 71.1 cm³/mol. The number of hydrogen-bond acceptors (Lipinski definition) is 5. The highest BCUT2D eigenvalue weighted by atomic mass is 79.9. The molecule has 1 atom stereocenters. The maximum Gasteiger partial charge on any atom is 0.323 e. The fourth-order valence-electron chi connectivity index (χ4n) is 1.24. The van der Waals surface area contributed by atoms with Crippen LogP contribution < -0.4 is 10.5 Å². The Morgan fingerprint density at radius 3 is 2.79 bits per heavy atom. The molecule has 0 radical (unpaired) electrons. The number of nitro benzene ring substituents is 1. The molecule has 0 heterocycles. The van der Waals surface area contributed by atoms with E-state index in [2.05, 4.69) is 15.9 Å². The third-order valence-corrected chi connectivity index (χ3v) is 2.98. The van der Waals surface area contributed by atoms with Crippen molar-refractivity contribution in [2.75, 3.05) is 6.61 Å². The quantitative estimate of drug-likeness (QED) is 0.607. The minimum Gasteiger partial charge on any atom is -0.487 e. The lowest BCUT2D eigenvalue weighted by atomic mass is 10.0. The highest BCUT2D eigenvalue weighted by Crippen LogP contribution is 2.30. The first-order valence-electron chi connectivity index (χ1n) is 5.33. The molecule has 0 bridgehead atoms. The molecule has 0 aliphatic rings. The summed E-state index contributed by atoms with van der Waals surface area (Å²) in [4.78, 5) is 21.0. The molecule has 0 aromatic heterocycles. The summed E-state index contributed by atoms with van der Waals surface area (Å²) in [5, 5.41) is 19.7. The SMILES string of the molecule is CC(N)(CCOc1ccc(Br)cc1[N+](=O)[O-])C(=O)O. The van der Waals surface area contributed by atoms with E-state index in [1.165, 1.54) is 19.1 Å². The van der Waals surface area contributed by atoms with Gasteiger partial charge in [-0.1, -0.05) is 15.9 Å². The molecule has 19 heavy (non-hydrogen) atoms. The van der Waals surface area contributed by atoms with Crippen LogP contribution in [0.4, 0.5) is 5.69 Å².